The van der Waals surface area contributed by atoms with Gasteiger partial charge in [0.1, 0.15) is 17.0 Å². The van der Waals surface area contributed by atoms with Crippen molar-refractivity contribution in [3.63, 3.8) is 0 Å². The van der Waals surface area contributed by atoms with E-state index in [0.29, 0.717) is 0 Å². The monoisotopic (exact) mass is 271 g/mol. The lowest BCUT2D eigenvalue weighted by Gasteiger charge is -2.24. The molecule has 1 aliphatic heterocycles. The second kappa shape index (κ2) is 4.40. The first-order valence-corrected chi connectivity index (χ1v) is 6.51. The van der Waals surface area contributed by atoms with Crippen molar-refractivity contribution in [3.05, 3.63) is 0 Å². The third-order valence-electron chi connectivity index (χ3n) is 2.21. The first-order chi connectivity index (χ1) is 7.50. The Morgan fingerprint density at radius 1 is 1.35 bits per heavy atom. The minimum absolute atomic E-state index is 0.470. The lowest BCUT2D eigenvalue weighted by molar-refractivity contribution is 0.0284. The van der Waals surface area contributed by atoms with Crippen LogP contribution in [0.25, 0.3) is 0 Å². The molecule has 0 unspecified atom stereocenters. The van der Waals surface area contributed by atoms with E-state index in [9.17, 15) is 21.5 Å². The summed E-state index contributed by atoms with van der Waals surface area (Å²) in [6.45, 7) is 3.88. The molecule has 0 aromatic rings. The summed E-state index contributed by atoms with van der Waals surface area (Å²) < 4.78 is 52.1. The molecule has 1 heterocycles. The topological polar surface area (TPSA) is 63.7 Å². The third kappa shape index (κ3) is 3.79. The maximum absolute atomic E-state index is 13.3. The normalized spacial score (nSPS) is 26.1. The number of likely N-dealkylation sites (tertiary alicyclic amines) is 1. The molecule has 0 radical (unpaired) electrons. The highest BCUT2D eigenvalue weighted by molar-refractivity contribution is 7.87. The Morgan fingerprint density at radius 3 is 2.24 bits per heavy atom. The van der Waals surface area contributed by atoms with E-state index in [-0.39, 0.29) is 0 Å². The molecule has 1 saturated heterocycles. The van der Waals surface area contributed by atoms with Gasteiger partial charge in [0.05, 0.1) is 6.54 Å². The summed E-state index contributed by atoms with van der Waals surface area (Å²) in [5.41, 5.74) is -0.768. The molecule has 100 valence electrons. The number of carbonyl (C=O) groups excluding carboxylic acids is 1. The smallest absolute Gasteiger partial charge is 0.410 e. The molecule has 0 aliphatic carbocycles. The lowest BCUT2D eigenvalue weighted by atomic mass is 10.2. The highest BCUT2D eigenvalue weighted by Crippen LogP contribution is 2.23. The summed E-state index contributed by atoms with van der Waals surface area (Å²) in [5, 5.41) is -1.81. The van der Waals surface area contributed by atoms with Crippen LogP contribution >= 0.6 is 0 Å². The van der Waals surface area contributed by atoms with Crippen molar-refractivity contribution in [2.45, 2.75) is 37.8 Å². The number of ether oxygens (including phenoxy) is 1. The van der Waals surface area contributed by atoms with Crippen LogP contribution in [0.1, 0.15) is 20.8 Å². The van der Waals surface area contributed by atoms with Crippen molar-refractivity contribution in [1.82, 2.24) is 4.90 Å². The predicted molar refractivity (Wildman–Crippen MR) is 56.5 cm³/mol. The maximum Gasteiger partial charge on any atom is 0.410 e. The van der Waals surface area contributed by atoms with E-state index < -0.39 is 46.4 Å². The molecule has 1 amide bonds. The lowest BCUT2D eigenvalue weighted by Crippen LogP contribution is -2.36. The molecule has 0 spiro atoms. The van der Waals surface area contributed by atoms with Crippen molar-refractivity contribution in [1.29, 1.82) is 0 Å². The number of hydrogen-bond donors (Lipinski definition) is 0. The van der Waals surface area contributed by atoms with Gasteiger partial charge in [0.25, 0.3) is 0 Å². The molecule has 8 heteroatoms. The van der Waals surface area contributed by atoms with E-state index in [0.717, 1.165) is 4.90 Å². The molecule has 1 fully saturated rings. The van der Waals surface area contributed by atoms with Crippen LogP contribution in [-0.4, -0.2) is 49.5 Å². The Balaban J connectivity index is 2.70. The van der Waals surface area contributed by atoms with Crippen LogP contribution in [0.2, 0.25) is 0 Å². The zero-order valence-corrected chi connectivity index (χ0v) is 10.6. The second-order valence-corrected chi connectivity index (χ2v) is 6.47. The number of nitrogens with zero attached hydrogens (tertiary/aromatic N) is 1. The highest BCUT2D eigenvalue weighted by Gasteiger charge is 2.44. The molecule has 0 saturated carbocycles. The number of hydrogen-bond acceptors (Lipinski definition) is 4. The van der Waals surface area contributed by atoms with Crippen molar-refractivity contribution < 1.29 is 26.2 Å². The number of amides is 1. The van der Waals surface area contributed by atoms with Crippen LogP contribution in [0.3, 0.4) is 0 Å². The first-order valence-electron chi connectivity index (χ1n) is 5.06. The van der Waals surface area contributed by atoms with Crippen LogP contribution in [0.15, 0.2) is 0 Å². The van der Waals surface area contributed by atoms with Gasteiger partial charge in [-0.1, -0.05) is 0 Å². The van der Waals surface area contributed by atoms with Crippen LogP contribution < -0.4 is 0 Å². The van der Waals surface area contributed by atoms with Gasteiger partial charge < -0.3 is 9.64 Å². The highest BCUT2D eigenvalue weighted by atomic mass is 32.3. The van der Waals surface area contributed by atoms with Gasteiger partial charge in [0.2, 0.25) is 0 Å². The molecule has 5 nitrogen and oxygen atoms in total. The number of alkyl halides is 1. The van der Waals surface area contributed by atoms with E-state index in [4.69, 9.17) is 4.74 Å². The molecular formula is C9H15F2NO4S. The Morgan fingerprint density at radius 2 is 1.88 bits per heavy atom. The predicted octanol–water partition coefficient (Wildman–Crippen LogP) is 1.24. The molecule has 0 N–H and O–H groups in total. The molecule has 0 aromatic heterocycles. The Hall–Kier alpha value is -0.920. The average Bonchev–Trinajstić information content (AvgIpc) is 2.42. The first kappa shape index (κ1) is 14.1. The van der Waals surface area contributed by atoms with E-state index in [1.54, 1.807) is 20.8 Å². The zero-order chi connectivity index (χ0) is 13.4. The minimum atomic E-state index is -4.99. The van der Waals surface area contributed by atoms with Crippen LogP contribution in [0.5, 0.6) is 0 Å². The van der Waals surface area contributed by atoms with Crippen molar-refractivity contribution in [2.24, 2.45) is 0 Å². The van der Waals surface area contributed by atoms with Gasteiger partial charge in [0, 0.05) is 6.54 Å². The van der Waals surface area contributed by atoms with Gasteiger partial charge in [-0.05, 0) is 20.8 Å². The summed E-state index contributed by atoms with van der Waals surface area (Å²) in [6.07, 6.45) is -2.76. The fraction of sp³-hybridized carbons (Fsp3) is 0.889. The number of halogens is 2. The Kier molecular flexibility index (Phi) is 3.66. The van der Waals surface area contributed by atoms with Gasteiger partial charge in [-0.25, -0.2) is 9.18 Å². The summed E-state index contributed by atoms with van der Waals surface area (Å²) in [6, 6.07) is 0. The van der Waals surface area contributed by atoms with Crippen molar-refractivity contribution in [2.75, 3.05) is 13.1 Å². The quantitative estimate of drug-likeness (QED) is 0.673. The van der Waals surface area contributed by atoms with Gasteiger partial charge in [-0.3, -0.25) is 0 Å². The molecule has 0 bridgehead atoms. The van der Waals surface area contributed by atoms with Gasteiger partial charge in [-0.2, -0.15) is 8.42 Å². The number of rotatable bonds is 1. The molecule has 0 aromatic carbocycles. The summed E-state index contributed by atoms with van der Waals surface area (Å²) in [5.74, 6) is 0. The molecule has 17 heavy (non-hydrogen) atoms. The summed E-state index contributed by atoms with van der Waals surface area (Å²) >= 11 is 0. The Bertz CT molecular complexity index is 404. The third-order valence-corrected chi connectivity index (χ3v) is 3.38. The maximum atomic E-state index is 13.3. The summed E-state index contributed by atoms with van der Waals surface area (Å²) in [7, 11) is -4.99. The van der Waals surface area contributed by atoms with E-state index in [1.807, 2.05) is 0 Å². The average molecular weight is 271 g/mol. The Labute approximate surface area is 98.9 Å². The SMILES string of the molecule is CC(C)(C)OC(=O)N1C[C@@H](F)[C@@H](S(=O)(=O)F)C1. The fourth-order valence-electron chi connectivity index (χ4n) is 1.48. The van der Waals surface area contributed by atoms with Gasteiger partial charge >= 0.3 is 16.3 Å². The molecular weight excluding hydrogens is 256 g/mol. The van der Waals surface area contributed by atoms with E-state index in [2.05, 4.69) is 0 Å². The second-order valence-electron chi connectivity index (χ2n) is 4.92. The standard InChI is InChI=1S/C9H15F2NO4S/c1-9(2,3)16-8(13)12-4-6(10)7(5-12)17(11,14)15/h6-7H,4-5H2,1-3H3/t6-,7+/m1/s1. The van der Waals surface area contributed by atoms with Crippen LogP contribution in [0, 0.1) is 0 Å². The molecule has 1 aliphatic rings. The molecule has 2 atom stereocenters. The zero-order valence-electron chi connectivity index (χ0n) is 9.81. The van der Waals surface area contributed by atoms with Gasteiger partial charge in [0.15, 0.2) is 0 Å². The van der Waals surface area contributed by atoms with Crippen LogP contribution in [0.4, 0.5) is 13.1 Å². The van der Waals surface area contributed by atoms with Crippen LogP contribution in [-0.2, 0) is 15.0 Å². The van der Waals surface area contributed by atoms with Gasteiger partial charge in [-0.15, -0.1) is 3.89 Å². The van der Waals surface area contributed by atoms with E-state index >= 15 is 0 Å². The molecule has 1 rings (SSSR count). The van der Waals surface area contributed by atoms with Crippen molar-refractivity contribution >= 4 is 16.3 Å². The van der Waals surface area contributed by atoms with Crippen molar-refractivity contribution in [3.8, 4) is 0 Å². The summed E-state index contributed by atoms with van der Waals surface area (Å²) in [4.78, 5) is 12.4. The van der Waals surface area contributed by atoms with E-state index in [1.165, 1.54) is 0 Å². The fourth-order valence-corrected chi connectivity index (χ4v) is 2.27. The minimum Gasteiger partial charge on any atom is -0.444 e. The number of carbonyl (C=O) groups is 1. The largest absolute Gasteiger partial charge is 0.444 e.